The highest BCUT2D eigenvalue weighted by Crippen LogP contribution is 2.33. The molecule has 0 atom stereocenters. The highest BCUT2D eigenvalue weighted by atomic mass is 32.2. The summed E-state index contributed by atoms with van der Waals surface area (Å²) in [5.41, 5.74) is 2.17. The summed E-state index contributed by atoms with van der Waals surface area (Å²) in [5.74, 6) is 0.0160. The van der Waals surface area contributed by atoms with Crippen LogP contribution in [0.2, 0.25) is 0 Å². The van der Waals surface area contributed by atoms with Gasteiger partial charge in [0.1, 0.15) is 11.5 Å². The van der Waals surface area contributed by atoms with Crippen molar-refractivity contribution in [3.05, 3.63) is 46.5 Å². The van der Waals surface area contributed by atoms with E-state index >= 15 is 0 Å². The van der Waals surface area contributed by atoms with E-state index < -0.39 is 9.84 Å². The summed E-state index contributed by atoms with van der Waals surface area (Å²) in [6.07, 6.45) is 0. The van der Waals surface area contributed by atoms with Crippen LogP contribution in [0.25, 0.3) is 0 Å². The Balaban J connectivity index is 2.74. The Labute approximate surface area is 124 Å². The fraction of sp³-hybridized carbons (Fsp3) is 0.250. The molecule has 0 amide bonds. The third kappa shape index (κ3) is 2.61. The Morgan fingerprint density at radius 2 is 1.10 bits per heavy atom. The van der Waals surface area contributed by atoms with E-state index in [4.69, 9.17) is 0 Å². The second-order valence-corrected chi connectivity index (χ2v) is 7.20. The summed E-state index contributed by atoms with van der Waals surface area (Å²) in [5, 5.41) is 19.5. The summed E-state index contributed by atoms with van der Waals surface area (Å²) in [6, 6.07) is 5.81. The van der Waals surface area contributed by atoms with E-state index in [1.807, 2.05) is 0 Å². The first kappa shape index (κ1) is 15.4. The molecule has 0 fully saturated rings. The van der Waals surface area contributed by atoms with Gasteiger partial charge in [0, 0.05) is 0 Å². The average molecular weight is 306 g/mol. The van der Waals surface area contributed by atoms with E-state index in [9.17, 15) is 18.6 Å². The van der Waals surface area contributed by atoms with Crippen LogP contribution in [-0.2, 0) is 9.84 Å². The third-order valence-electron chi connectivity index (χ3n) is 3.57. The monoisotopic (exact) mass is 306 g/mol. The van der Waals surface area contributed by atoms with Gasteiger partial charge >= 0.3 is 0 Å². The predicted molar refractivity (Wildman–Crippen MR) is 80.6 cm³/mol. The van der Waals surface area contributed by atoms with Crippen LogP contribution in [0.15, 0.2) is 34.1 Å². The number of phenolic OH excluding ortho intramolecular Hbond substituents is 2. The standard InChI is InChI=1S/C16H18O4S/c1-9-5-11(3)16(8-14(9)18)21(19,20)15-7-10(2)13(17)6-12(15)4/h5-8,17-18H,1-4H3. The minimum absolute atomic E-state index is 0.0488. The van der Waals surface area contributed by atoms with Gasteiger partial charge in [-0.05, 0) is 68.1 Å². The highest BCUT2D eigenvalue weighted by Gasteiger charge is 2.24. The van der Waals surface area contributed by atoms with E-state index in [-0.39, 0.29) is 21.3 Å². The van der Waals surface area contributed by atoms with Crippen molar-refractivity contribution in [2.24, 2.45) is 0 Å². The van der Waals surface area contributed by atoms with Crippen molar-refractivity contribution in [1.82, 2.24) is 0 Å². The average Bonchev–Trinajstić information content (AvgIpc) is 2.37. The predicted octanol–water partition coefficient (Wildman–Crippen LogP) is 3.16. The van der Waals surface area contributed by atoms with Gasteiger partial charge in [0.05, 0.1) is 9.79 Å². The number of hydrogen-bond donors (Lipinski definition) is 2. The van der Waals surface area contributed by atoms with Crippen molar-refractivity contribution in [2.45, 2.75) is 37.5 Å². The van der Waals surface area contributed by atoms with Crippen LogP contribution in [0, 0.1) is 27.7 Å². The maximum atomic E-state index is 12.8. The molecule has 4 nitrogen and oxygen atoms in total. The molecule has 0 saturated heterocycles. The fourth-order valence-corrected chi connectivity index (χ4v) is 4.09. The molecule has 2 N–H and O–H groups in total. The number of benzene rings is 2. The van der Waals surface area contributed by atoms with E-state index in [1.54, 1.807) is 33.8 Å². The largest absolute Gasteiger partial charge is 0.508 e. The van der Waals surface area contributed by atoms with Crippen molar-refractivity contribution >= 4 is 9.84 Å². The first-order valence-corrected chi connectivity index (χ1v) is 7.98. The molecule has 0 bridgehead atoms. The zero-order chi connectivity index (χ0) is 15.9. The van der Waals surface area contributed by atoms with Gasteiger partial charge in [-0.2, -0.15) is 0 Å². The molecule has 2 aromatic carbocycles. The van der Waals surface area contributed by atoms with Crippen LogP contribution >= 0.6 is 0 Å². The summed E-state index contributed by atoms with van der Waals surface area (Å²) < 4.78 is 25.6. The highest BCUT2D eigenvalue weighted by molar-refractivity contribution is 7.91. The van der Waals surface area contributed by atoms with Crippen molar-refractivity contribution in [2.75, 3.05) is 0 Å². The molecule has 5 heteroatoms. The molecule has 0 aromatic heterocycles. The van der Waals surface area contributed by atoms with Crippen LogP contribution in [0.3, 0.4) is 0 Å². The first-order chi connectivity index (χ1) is 9.64. The Morgan fingerprint density at radius 3 is 1.71 bits per heavy atom. The van der Waals surface area contributed by atoms with E-state index in [0.29, 0.717) is 22.3 Å². The van der Waals surface area contributed by atoms with Crippen LogP contribution in [-0.4, -0.2) is 18.6 Å². The number of aromatic hydroxyl groups is 2. The molecule has 21 heavy (non-hydrogen) atoms. The minimum Gasteiger partial charge on any atom is -0.508 e. The number of aryl methyl sites for hydroxylation is 4. The van der Waals surface area contributed by atoms with Gasteiger partial charge in [-0.1, -0.05) is 6.07 Å². The molecule has 0 spiro atoms. The zero-order valence-corrected chi connectivity index (χ0v) is 13.2. The second-order valence-electron chi connectivity index (χ2n) is 5.31. The lowest BCUT2D eigenvalue weighted by Crippen LogP contribution is -2.07. The smallest absolute Gasteiger partial charge is 0.207 e. The maximum absolute atomic E-state index is 12.8. The molecule has 2 rings (SSSR count). The van der Waals surface area contributed by atoms with Gasteiger partial charge in [-0.15, -0.1) is 0 Å². The van der Waals surface area contributed by atoms with Gasteiger partial charge in [-0.25, -0.2) is 8.42 Å². The van der Waals surface area contributed by atoms with E-state index in [1.165, 1.54) is 18.2 Å². The van der Waals surface area contributed by atoms with Crippen molar-refractivity contribution in [3.8, 4) is 11.5 Å². The topological polar surface area (TPSA) is 74.6 Å². The molecule has 0 heterocycles. The summed E-state index contributed by atoms with van der Waals surface area (Å²) >= 11 is 0. The van der Waals surface area contributed by atoms with Gasteiger partial charge in [0.15, 0.2) is 0 Å². The number of rotatable bonds is 2. The van der Waals surface area contributed by atoms with Crippen molar-refractivity contribution in [3.63, 3.8) is 0 Å². The fourth-order valence-electron chi connectivity index (χ4n) is 2.29. The molecule has 0 aliphatic heterocycles. The maximum Gasteiger partial charge on any atom is 0.207 e. The normalized spacial score (nSPS) is 11.6. The Morgan fingerprint density at radius 1 is 0.667 bits per heavy atom. The second kappa shape index (κ2) is 5.07. The molecule has 0 radical (unpaired) electrons. The molecular formula is C16H18O4S. The molecule has 2 aromatic rings. The molecule has 112 valence electrons. The SMILES string of the molecule is Cc1cc(S(=O)(=O)c2cc(O)c(C)cc2C)c(C)cc1O. The summed E-state index contributed by atoms with van der Waals surface area (Å²) in [7, 11) is -3.75. The Kier molecular flexibility index (Phi) is 3.72. The quantitative estimate of drug-likeness (QED) is 0.893. The zero-order valence-electron chi connectivity index (χ0n) is 12.4. The number of phenols is 2. The Bertz CT molecular complexity index is 757. The molecule has 0 saturated carbocycles. The van der Waals surface area contributed by atoms with E-state index in [0.717, 1.165) is 0 Å². The number of hydrogen-bond acceptors (Lipinski definition) is 4. The van der Waals surface area contributed by atoms with Gasteiger partial charge in [-0.3, -0.25) is 0 Å². The molecule has 0 unspecified atom stereocenters. The summed E-state index contributed by atoms with van der Waals surface area (Å²) in [4.78, 5) is 0.225. The van der Waals surface area contributed by atoms with Crippen molar-refractivity contribution < 1.29 is 18.6 Å². The summed E-state index contributed by atoms with van der Waals surface area (Å²) in [6.45, 7) is 6.69. The van der Waals surface area contributed by atoms with Crippen LogP contribution in [0.1, 0.15) is 22.3 Å². The molecular weight excluding hydrogens is 288 g/mol. The lowest BCUT2D eigenvalue weighted by molar-refractivity contribution is 0.468. The van der Waals surface area contributed by atoms with Crippen molar-refractivity contribution in [1.29, 1.82) is 0 Å². The molecule has 0 aliphatic carbocycles. The first-order valence-electron chi connectivity index (χ1n) is 6.50. The van der Waals surface area contributed by atoms with E-state index in [2.05, 4.69) is 0 Å². The third-order valence-corrected chi connectivity index (χ3v) is 5.60. The van der Waals surface area contributed by atoms with Gasteiger partial charge in [0.2, 0.25) is 9.84 Å². The molecule has 0 aliphatic rings. The lowest BCUT2D eigenvalue weighted by atomic mass is 10.1. The van der Waals surface area contributed by atoms with Gasteiger partial charge in [0.25, 0.3) is 0 Å². The van der Waals surface area contributed by atoms with Gasteiger partial charge < -0.3 is 10.2 Å². The lowest BCUT2D eigenvalue weighted by Gasteiger charge is -2.13. The Hall–Kier alpha value is -2.01. The van der Waals surface area contributed by atoms with Crippen LogP contribution in [0.4, 0.5) is 0 Å². The number of sulfone groups is 1. The van der Waals surface area contributed by atoms with Crippen LogP contribution in [0.5, 0.6) is 11.5 Å². The van der Waals surface area contributed by atoms with Crippen LogP contribution < -0.4 is 0 Å². The minimum atomic E-state index is -3.75.